The molecule has 14 heavy (non-hydrogen) atoms. The van der Waals surface area contributed by atoms with Crippen molar-refractivity contribution < 1.29 is 9.59 Å². The fourth-order valence-corrected chi connectivity index (χ4v) is 1.10. The Bertz CT molecular complexity index is 582. The molecule has 2 N–H and O–H groups in total. The van der Waals surface area contributed by atoms with Gasteiger partial charge in [0.15, 0.2) is 0 Å². The van der Waals surface area contributed by atoms with Gasteiger partial charge >= 0.3 is 0 Å². The number of nitrogens with two attached hydrogens (primary N) is 1. The number of nitrogen functional groups attached to an aromatic ring is 1. The first-order valence-corrected chi connectivity index (χ1v) is 3.49. The van der Waals surface area contributed by atoms with Crippen LogP contribution < -0.4 is 10.8 Å². The number of rotatable bonds is 0. The van der Waals surface area contributed by atoms with Crippen molar-refractivity contribution in [2.75, 3.05) is 5.84 Å². The Morgan fingerprint density at radius 3 is 3.07 bits per heavy atom. The Morgan fingerprint density at radius 1 is 1.36 bits per heavy atom. The van der Waals surface area contributed by atoms with Crippen LogP contribution in [0.25, 0.3) is 22.9 Å². The third-order valence-electron chi connectivity index (χ3n) is 1.68. The van der Waals surface area contributed by atoms with Gasteiger partial charge in [-0.2, -0.15) is 4.98 Å². The summed E-state index contributed by atoms with van der Waals surface area (Å²) in [6.45, 7) is 0. The van der Waals surface area contributed by atoms with E-state index < -0.39 is 0 Å². The van der Waals surface area contributed by atoms with Gasteiger partial charge in [-0.25, -0.2) is 9.31 Å². The molecule has 0 bridgehead atoms. The standard InChI is InChI=1S/C4H2N8O2/c5-11-3-1(7-12(13)8-3)6-2-4(11)10-14-9-2/h5H2. The van der Waals surface area contributed by atoms with Crippen molar-refractivity contribution in [1.82, 2.24) is 30.2 Å². The van der Waals surface area contributed by atoms with E-state index in [-0.39, 0.29) is 27.9 Å². The summed E-state index contributed by atoms with van der Waals surface area (Å²) < 4.78 is 5.45. The van der Waals surface area contributed by atoms with E-state index in [4.69, 9.17) is 5.84 Å². The van der Waals surface area contributed by atoms with Gasteiger partial charge in [0.1, 0.15) is 0 Å². The average Bonchev–Trinajstić information content (AvgIpc) is 2.71. The minimum atomic E-state index is 0.0886. The molecule has 0 amide bonds. The third kappa shape index (κ3) is 0.688. The molecule has 0 aromatic carbocycles. The van der Waals surface area contributed by atoms with Gasteiger partial charge in [-0.3, -0.25) is 0 Å². The van der Waals surface area contributed by atoms with E-state index in [1.165, 1.54) is 0 Å². The van der Waals surface area contributed by atoms with Gasteiger partial charge in [0.25, 0.3) is 11.6 Å². The van der Waals surface area contributed by atoms with E-state index >= 15 is 0 Å². The average molecular weight is 194 g/mol. The zero-order chi connectivity index (χ0) is 9.71. The summed E-state index contributed by atoms with van der Waals surface area (Å²) >= 11 is 0. The van der Waals surface area contributed by atoms with Crippen molar-refractivity contribution in [2.24, 2.45) is 0 Å². The van der Waals surface area contributed by atoms with Gasteiger partial charge in [-0.1, -0.05) is 0 Å². The predicted molar refractivity (Wildman–Crippen MR) is 38.9 cm³/mol. The zero-order valence-corrected chi connectivity index (χ0v) is 6.52. The molecule has 1 aromatic heterocycles. The normalized spacial score (nSPS) is 11.4. The van der Waals surface area contributed by atoms with Crippen molar-refractivity contribution in [2.45, 2.75) is 0 Å². The van der Waals surface area contributed by atoms with E-state index in [1.54, 1.807) is 0 Å². The van der Waals surface area contributed by atoms with Crippen LogP contribution in [0.3, 0.4) is 0 Å². The smallest absolute Gasteiger partial charge is 0.277 e. The minimum absolute atomic E-state index is 0.0886. The Hall–Kier alpha value is -2.52. The van der Waals surface area contributed by atoms with Crippen molar-refractivity contribution in [1.29, 1.82) is 0 Å². The highest BCUT2D eigenvalue weighted by molar-refractivity contribution is 5.69. The lowest BCUT2D eigenvalue weighted by Gasteiger charge is -1.97. The number of hydrogen-bond donors (Lipinski definition) is 1. The first-order valence-electron chi connectivity index (χ1n) is 3.49. The lowest BCUT2D eigenvalue weighted by Crippen LogP contribution is -2.30. The maximum absolute atomic E-state index is 10.8. The van der Waals surface area contributed by atoms with Gasteiger partial charge in [-0.05, 0) is 10.3 Å². The summed E-state index contributed by atoms with van der Waals surface area (Å²) in [5.74, 6) is 5.77. The van der Waals surface area contributed by atoms with E-state index in [1.807, 2.05) is 0 Å². The topological polar surface area (TPSA) is 135 Å². The molecule has 10 heteroatoms. The first-order chi connectivity index (χ1) is 6.75. The second-order valence-electron chi connectivity index (χ2n) is 2.49. The van der Waals surface area contributed by atoms with Crippen LogP contribution in [-0.2, 0) is 0 Å². The zero-order valence-electron chi connectivity index (χ0n) is 6.52. The molecule has 2 aliphatic rings. The van der Waals surface area contributed by atoms with E-state index in [9.17, 15) is 5.21 Å². The molecule has 3 heterocycles. The molecule has 3 rings (SSSR count). The van der Waals surface area contributed by atoms with Crippen LogP contribution in [0.2, 0.25) is 0 Å². The Balaban J connectivity index is 2.56. The van der Waals surface area contributed by atoms with E-state index in [0.29, 0.717) is 0 Å². The first kappa shape index (κ1) is 6.94. The highest BCUT2D eigenvalue weighted by Gasteiger charge is 2.24. The summed E-state index contributed by atoms with van der Waals surface area (Å²) in [6, 6.07) is 0. The SMILES string of the molecule is Nn1c2n[n+]([O-])nc-2nc2nonc21. The Kier molecular flexibility index (Phi) is 1.01. The lowest BCUT2D eigenvalue weighted by atomic mass is 10.5. The molecule has 2 aliphatic heterocycles. The minimum Gasteiger partial charge on any atom is -0.569 e. The molecule has 0 aliphatic carbocycles. The molecule has 1 aromatic rings. The molecule has 0 unspecified atom stereocenters. The van der Waals surface area contributed by atoms with Crippen molar-refractivity contribution in [3.63, 3.8) is 0 Å². The van der Waals surface area contributed by atoms with Gasteiger partial charge in [0.05, 0.1) is 15.2 Å². The van der Waals surface area contributed by atoms with Gasteiger partial charge in [-0.15, -0.1) is 0 Å². The van der Waals surface area contributed by atoms with Crippen LogP contribution in [0.15, 0.2) is 4.63 Å². The Labute approximate surface area is 74.8 Å². The molecule has 70 valence electrons. The molecule has 0 fully saturated rings. The number of nitrogens with zero attached hydrogens (tertiary/aromatic N) is 7. The van der Waals surface area contributed by atoms with Crippen molar-refractivity contribution >= 4 is 11.3 Å². The summed E-state index contributed by atoms with van der Waals surface area (Å²) in [5.41, 5.74) is 0.360. The molecule has 0 atom stereocenters. The van der Waals surface area contributed by atoms with Crippen LogP contribution in [0, 0.1) is 5.21 Å². The maximum Gasteiger partial charge on any atom is 0.277 e. The second-order valence-corrected chi connectivity index (χ2v) is 2.49. The quantitative estimate of drug-likeness (QED) is 0.239. The molecule has 0 saturated heterocycles. The van der Waals surface area contributed by atoms with Crippen molar-refractivity contribution in [3.8, 4) is 11.6 Å². The molecule has 0 radical (unpaired) electrons. The number of fused-ring (bicyclic) bond motifs is 2. The van der Waals surface area contributed by atoms with Crippen LogP contribution in [0.4, 0.5) is 0 Å². The molecular weight excluding hydrogens is 192 g/mol. The molecule has 10 nitrogen and oxygen atoms in total. The van der Waals surface area contributed by atoms with E-state index in [2.05, 4.69) is 30.1 Å². The molecular formula is C4H2N8O2. The number of aromatic nitrogens is 7. The van der Waals surface area contributed by atoms with Crippen LogP contribution in [-0.4, -0.2) is 30.2 Å². The predicted octanol–water partition coefficient (Wildman–Crippen LogP) is -2.34. The van der Waals surface area contributed by atoms with Crippen LogP contribution in [0.1, 0.15) is 0 Å². The number of hydrogen-bond acceptors (Lipinski definition) is 8. The molecule has 0 spiro atoms. The summed E-state index contributed by atoms with van der Waals surface area (Å²) in [5, 5.41) is 24.6. The fraction of sp³-hybridized carbons (Fsp3) is 0. The summed E-state index contributed by atoms with van der Waals surface area (Å²) in [6.07, 6.45) is 0. The summed E-state index contributed by atoms with van der Waals surface area (Å²) in [7, 11) is 0. The lowest BCUT2D eigenvalue weighted by molar-refractivity contribution is -0.721. The van der Waals surface area contributed by atoms with Crippen molar-refractivity contribution in [3.05, 3.63) is 5.21 Å². The third-order valence-corrected chi connectivity index (χ3v) is 1.68. The highest BCUT2D eigenvalue weighted by Crippen LogP contribution is 2.14. The fourth-order valence-electron chi connectivity index (χ4n) is 1.10. The monoisotopic (exact) mass is 194 g/mol. The molecule has 0 saturated carbocycles. The maximum atomic E-state index is 10.8. The van der Waals surface area contributed by atoms with Crippen LogP contribution >= 0.6 is 0 Å². The second kappa shape index (κ2) is 2.04. The summed E-state index contributed by atoms with van der Waals surface area (Å²) in [4.78, 5) is 3.98. The highest BCUT2D eigenvalue weighted by atomic mass is 16.6. The van der Waals surface area contributed by atoms with E-state index in [0.717, 1.165) is 4.68 Å². The van der Waals surface area contributed by atoms with Gasteiger partial charge < -0.3 is 11.0 Å². The largest absolute Gasteiger partial charge is 0.569 e. The van der Waals surface area contributed by atoms with Gasteiger partial charge in [0.2, 0.25) is 11.3 Å². The Morgan fingerprint density at radius 2 is 2.21 bits per heavy atom. The van der Waals surface area contributed by atoms with Gasteiger partial charge in [0, 0.05) is 0 Å². The van der Waals surface area contributed by atoms with Crippen LogP contribution in [0.5, 0.6) is 0 Å².